The number of hydrogen-bond acceptors (Lipinski definition) is 3. The normalized spacial score (nSPS) is 11.1. The molecule has 0 aromatic heterocycles. The van der Waals surface area contributed by atoms with Crippen molar-refractivity contribution in [2.75, 3.05) is 5.73 Å². The Morgan fingerprint density at radius 1 is 1.50 bits per heavy atom. The summed E-state index contributed by atoms with van der Waals surface area (Å²) < 4.78 is 0. The topological polar surface area (TPSA) is 47.6 Å². The summed E-state index contributed by atoms with van der Waals surface area (Å²) >= 11 is 5.92. The molecule has 0 atom stereocenters. The van der Waals surface area contributed by atoms with Crippen LogP contribution in [-0.2, 0) is 4.84 Å². The van der Waals surface area contributed by atoms with Crippen molar-refractivity contribution in [3.8, 4) is 0 Å². The van der Waals surface area contributed by atoms with E-state index in [4.69, 9.17) is 22.2 Å². The molecule has 0 bridgehead atoms. The van der Waals surface area contributed by atoms with Gasteiger partial charge in [0.15, 0.2) is 0 Å². The number of benzene rings is 1. The molecule has 14 heavy (non-hydrogen) atoms. The van der Waals surface area contributed by atoms with Crippen molar-refractivity contribution in [1.82, 2.24) is 0 Å². The Balaban J connectivity index is 2.72. The number of nitrogen functional groups attached to an aromatic ring is 1. The minimum absolute atomic E-state index is 0.0683. The molecule has 76 valence electrons. The molecule has 1 aromatic rings. The lowest BCUT2D eigenvalue weighted by Crippen LogP contribution is -1.96. The van der Waals surface area contributed by atoms with E-state index in [1.165, 1.54) is 0 Å². The van der Waals surface area contributed by atoms with Crippen LogP contribution in [0.15, 0.2) is 23.4 Å². The van der Waals surface area contributed by atoms with Crippen LogP contribution in [-0.4, -0.2) is 12.3 Å². The Morgan fingerprint density at radius 3 is 2.79 bits per heavy atom. The Morgan fingerprint density at radius 2 is 2.21 bits per heavy atom. The summed E-state index contributed by atoms with van der Waals surface area (Å²) in [6, 6.07) is 5.24. The second-order valence-electron chi connectivity index (χ2n) is 3.17. The lowest BCUT2D eigenvalue weighted by molar-refractivity contribution is 0.0874. The van der Waals surface area contributed by atoms with Crippen LogP contribution < -0.4 is 5.73 Å². The molecule has 4 heteroatoms. The fourth-order valence-corrected chi connectivity index (χ4v) is 1.09. The molecule has 2 N–H and O–H groups in total. The SMILES string of the molecule is CC(C)O/N=C/c1ccc(N)cc1Cl. The van der Waals surface area contributed by atoms with Crippen molar-refractivity contribution in [2.45, 2.75) is 20.0 Å². The van der Waals surface area contributed by atoms with Gasteiger partial charge < -0.3 is 10.6 Å². The van der Waals surface area contributed by atoms with E-state index < -0.39 is 0 Å². The smallest absolute Gasteiger partial charge is 0.122 e. The first-order valence-electron chi connectivity index (χ1n) is 4.34. The predicted octanol–water partition coefficient (Wildman–Crippen LogP) is 2.68. The van der Waals surface area contributed by atoms with Crippen molar-refractivity contribution in [1.29, 1.82) is 0 Å². The Labute approximate surface area is 88.5 Å². The number of rotatable bonds is 3. The van der Waals surface area contributed by atoms with Gasteiger partial charge >= 0.3 is 0 Å². The molecule has 1 aromatic carbocycles. The average Bonchev–Trinajstić information content (AvgIpc) is 2.08. The number of hydrogen-bond donors (Lipinski definition) is 1. The standard InChI is InChI=1S/C10H13ClN2O/c1-7(2)14-13-6-8-3-4-9(12)5-10(8)11/h3-7H,12H2,1-2H3/b13-6+. The van der Waals surface area contributed by atoms with Gasteiger partial charge in [-0.1, -0.05) is 16.8 Å². The Bertz CT molecular complexity index is 337. The maximum atomic E-state index is 5.92. The summed E-state index contributed by atoms with van der Waals surface area (Å²) in [5.74, 6) is 0. The van der Waals surface area contributed by atoms with E-state index in [0.29, 0.717) is 10.7 Å². The second-order valence-corrected chi connectivity index (χ2v) is 3.58. The minimum atomic E-state index is 0.0683. The maximum absolute atomic E-state index is 5.92. The lowest BCUT2D eigenvalue weighted by atomic mass is 10.2. The average molecular weight is 213 g/mol. The monoisotopic (exact) mass is 212 g/mol. The zero-order valence-electron chi connectivity index (χ0n) is 8.20. The van der Waals surface area contributed by atoms with Crippen molar-refractivity contribution in [2.24, 2.45) is 5.16 Å². The van der Waals surface area contributed by atoms with E-state index in [9.17, 15) is 0 Å². The molecule has 0 fully saturated rings. The van der Waals surface area contributed by atoms with E-state index >= 15 is 0 Å². The van der Waals surface area contributed by atoms with Crippen molar-refractivity contribution >= 4 is 23.5 Å². The largest absolute Gasteiger partial charge is 0.399 e. The molecule has 0 aliphatic carbocycles. The van der Waals surface area contributed by atoms with Crippen LogP contribution >= 0.6 is 11.6 Å². The zero-order valence-corrected chi connectivity index (χ0v) is 8.95. The first kappa shape index (κ1) is 10.9. The minimum Gasteiger partial charge on any atom is -0.399 e. The zero-order chi connectivity index (χ0) is 10.6. The molecule has 0 heterocycles. The second kappa shape index (κ2) is 4.86. The van der Waals surface area contributed by atoms with Crippen LogP contribution in [0.25, 0.3) is 0 Å². The highest BCUT2D eigenvalue weighted by Gasteiger charge is 1.97. The molecule has 0 aliphatic heterocycles. The fourth-order valence-electron chi connectivity index (χ4n) is 0.857. The van der Waals surface area contributed by atoms with Gasteiger partial charge in [-0.15, -0.1) is 0 Å². The highest BCUT2D eigenvalue weighted by molar-refractivity contribution is 6.33. The molecule has 0 spiro atoms. The molecule has 1 rings (SSSR count). The van der Waals surface area contributed by atoms with Crippen molar-refractivity contribution in [3.05, 3.63) is 28.8 Å². The molecular weight excluding hydrogens is 200 g/mol. The van der Waals surface area contributed by atoms with Gasteiger partial charge in [0, 0.05) is 11.3 Å². The lowest BCUT2D eigenvalue weighted by Gasteiger charge is -2.02. The van der Waals surface area contributed by atoms with Gasteiger partial charge in [-0.25, -0.2) is 0 Å². The summed E-state index contributed by atoms with van der Waals surface area (Å²) in [7, 11) is 0. The number of oxime groups is 1. The third-order valence-electron chi connectivity index (χ3n) is 1.49. The molecule has 3 nitrogen and oxygen atoms in total. The highest BCUT2D eigenvalue weighted by Crippen LogP contribution is 2.17. The van der Waals surface area contributed by atoms with Crippen LogP contribution in [0.5, 0.6) is 0 Å². The molecule has 0 aliphatic rings. The predicted molar refractivity (Wildman–Crippen MR) is 59.7 cm³/mol. The van der Waals surface area contributed by atoms with Gasteiger partial charge in [0.2, 0.25) is 0 Å². The number of nitrogens with zero attached hydrogens (tertiary/aromatic N) is 1. The molecule has 0 unspecified atom stereocenters. The van der Waals surface area contributed by atoms with Crippen LogP contribution in [0.3, 0.4) is 0 Å². The number of nitrogens with two attached hydrogens (primary N) is 1. The summed E-state index contributed by atoms with van der Waals surface area (Å²) in [6.07, 6.45) is 1.64. The van der Waals surface area contributed by atoms with E-state index in [0.717, 1.165) is 5.56 Å². The maximum Gasteiger partial charge on any atom is 0.122 e. The summed E-state index contributed by atoms with van der Waals surface area (Å²) in [6.45, 7) is 3.81. The quantitative estimate of drug-likeness (QED) is 0.476. The highest BCUT2D eigenvalue weighted by atomic mass is 35.5. The number of halogens is 1. The molecule has 0 amide bonds. The van der Waals surface area contributed by atoms with E-state index in [2.05, 4.69) is 5.16 Å². The van der Waals surface area contributed by atoms with Crippen molar-refractivity contribution in [3.63, 3.8) is 0 Å². The van der Waals surface area contributed by atoms with Crippen LogP contribution in [0, 0.1) is 0 Å². The molecule has 0 saturated heterocycles. The van der Waals surface area contributed by atoms with E-state index in [-0.39, 0.29) is 6.10 Å². The third-order valence-corrected chi connectivity index (χ3v) is 1.82. The fraction of sp³-hybridized carbons (Fsp3) is 0.300. The number of anilines is 1. The van der Waals surface area contributed by atoms with Crippen LogP contribution in [0.2, 0.25) is 5.02 Å². The van der Waals surface area contributed by atoms with Gasteiger partial charge in [0.1, 0.15) is 6.10 Å². The Kier molecular flexibility index (Phi) is 3.77. The molecular formula is C10H13ClN2O. The summed E-state index contributed by atoms with van der Waals surface area (Å²) in [5, 5.41) is 4.35. The summed E-state index contributed by atoms with van der Waals surface area (Å²) in [4.78, 5) is 5.01. The first-order chi connectivity index (χ1) is 6.59. The first-order valence-corrected chi connectivity index (χ1v) is 4.71. The third kappa shape index (κ3) is 3.26. The van der Waals surface area contributed by atoms with Crippen LogP contribution in [0.4, 0.5) is 5.69 Å². The van der Waals surface area contributed by atoms with Crippen LogP contribution in [0.1, 0.15) is 19.4 Å². The van der Waals surface area contributed by atoms with Gasteiger partial charge in [-0.3, -0.25) is 0 Å². The van der Waals surface area contributed by atoms with Gasteiger partial charge in [-0.2, -0.15) is 0 Å². The molecule has 0 saturated carbocycles. The van der Waals surface area contributed by atoms with Crippen molar-refractivity contribution < 1.29 is 4.84 Å². The summed E-state index contributed by atoms with van der Waals surface area (Å²) in [5.41, 5.74) is 6.97. The molecule has 0 radical (unpaired) electrons. The van der Waals surface area contributed by atoms with Gasteiger partial charge in [0.05, 0.1) is 11.2 Å². The van der Waals surface area contributed by atoms with E-state index in [1.54, 1.807) is 24.4 Å². The van der Waals surface area contributed by atoms with Gasteiger partial charge in [-0.05, 0) is 32.0 Å². The van der Waals surface area contributed by atoms with E-state index in [1.807, 2.05) is 13.8 Å². The Hall–Kier alpha value is -1.22. The van der Waals surface area contributed by atoms with Gasteiger partial charge in [0.25, 0.3) is 0 Å².